The number of rotatable bonds is 12. The van der Waals surface area contributed by atoms with Gasteiger partial charge < -0.3 is 24.1 Å². The Morgan fingerprint density at radius 3 is 2.52 bits per heavy atom. The topological polar surface area (TPSA) is 166 Å². The number of hydrogen-bond donors (Lipinski definition) is 2. The van der Waals surface area contributed by atoms with Gasteiger partial charge in [-0.3, -0.25) is 14.9 Å². The van der Waals surface area contributed by atoms with E-state index in [9.17, 15) is 18.0 Å². The Hall–Kier alpha value is -3.63. The molecule has 2 N–H and O–H groups in total. The summed E-state index contributed by atoms with van der Waals surface area (Å²) in [5.41, 5.74) is 0.467. The molecule has 1 saturated heterocycles. The smallest absolute Gasteiger partial charge is 0.309 e. The summed E-state index contributed by atoms with van der Waals surface area (Å²) < 4.78 is 49.1. The fourth-order valence-electron chi connectivity index (χ4n) is 3.71. The van der Waals surface area contributed by atoms with Gasteiger partial charge in [0.15, 0.2) is 5.13 Å². The minimum atomic E-state index is -3.67. The number of carboxylic acids is 1. The lowest BCUT2D eigenvalue weighted by atomic mass is 10.2. The van der Waals surface area contributed by atoms with E-state index >= 15 is 0 Å². The van der Waals surface area contributed by atoms with Gasteiger partial charge in [0, 0.05) is 37.7 Å². The first-order chi connectivity index (χ1) is 19.1. The fourth-order valence-corrected chi connectivity index (χ4v) is 5.82. The Kier molecular flexibility index (Phi) is 9.65. The number of amides is 1. The van der Waals surface area contributed by atoms with Crippen LogP contribution in [-0.4, -0.2) is 85.8 Å². The molecule has 1 fully saturated rings. The second-order valence-electron chi connectivity index (χ2n) is 8.67. The molecule has 1 atom stereocenters. The number of carboxylic acid groups (broad SMARTS) is 1. The summed E-state index contributed by atoms with van der Waals surface area (Å²) in [6, 6.07) is 8.69. The molecular formula is C25H28N4O9S2. The number of ether oxygens (including phenoxy) is 4. The number of morpholine rings is 1. The highest BCUT2D eigenvalue weighted by atomic mass is 32.2. The second-order valence-corrected chi connectivity index (χ2v) is 11.5. The zero-order chi connectivity index (χ0) is 28.7. The zero-order valence-electron chi connectivity index (χ0n) is 21.7. The van der Waals surface area contributed by atoms with Crippen LogP contribution >= 0.6 is 11.3 Å². The minimum absolute atomic E-state index is 0.0294. The molecule has 3 aromatic rings. The number of sulfonamides is 1. The lowest BCUT2D eigenvalue weighted by Crippen LogP contribution is -2.40. The van der Waals surface area contributed by atoms with Crippen LogP contribution in [0.2, 0.25) is 0 Å². The third kappa shape index (κ3) is 7.73. The van der Waals surface area contributed by atoms with E-state index in [0.717, 1.165) is 11.3 Å². The number of hydrogen-bond acceptors (Lipinski definition) is 11. The normalized spacial score (nSPS) is 14.8. The Morgan fingerprint density at radius 2 is 1.85 bits per heavy atom. The van der Waals surface area contributed by atoms with E-state index in [1.165, 1.54) is 47.8 Å². The molecule has 1 aliphatic heterocycles. The van der Waals surface area contributed by atoms with E-state index in [4.69, 9.17) is 24.1 Å². The fraction of sp³-hybridized carbons (Fsp3) is 0.360. The number of anilines is 1. The molecule has 2 aromatic heterocycles. The Labute approximate surface area is 234 Å². The van der Waals surface area contributed by atoms with E-state index < -0.39 is 21.9 Å². The van der Waals surface area contributed by atoms with Crippen LogP contribution in [-0.2, 0) is 30.7 Å². The van der Waals surface area contributed by atoms with E-state index in [-0.39, 0.29) is 59.6 Å². The molecule has 3 heterocycles. The molecule has 1 amide bonds. The molecule has 0 saturated carbocycles. The Morgan fingerprint density at radius 1 is 1.15 bits per heavy atom. The van der Waals surface area contributed by atoms with Gasteiger partial charge in [0.1, 0.15) is 11.9 Å². The molecule has 4 rings (SSSR count). The molecule has 0 unspecified atom stereocenters. The van der Waals surface area contributed by atoms with Gasteiger partial charge in [0.05, 0.1) is 42.4 Å². The quantitative estimate of drug-likeness (QED) is 0.317. The Bertz CT molecular complexity index is 1440. The molecule has 214 valence electrons. The lowest BCUT2D eigenvalue weighted by molar-refractivity contribution is -0.136. The first-order valence-corrected chi connectivity index (χ1v) is 14.5. The van der Waals surface area contributed by atoms with Crippen LogP contribution < -0.4 is 14.8 Å². The van der Waals surface area contributed by atoms with Gasteiger partial charge in [-0.1, -0.05) is 0 Å². The summed E-state index contributed by atoms with van der Waals surface area (Å²) in [7, 11) is -2.14. The molecular weight excluding hydrogens is 564 g/mol. The maximum atomic E-state index is 13.0. The van der Waals surface area contributed by atoms with Crippen molar-refractivity contribution in [3.63, 3.8) is 0 Å². The summed E-state index contributed by atoms with van der Waals surface area (Å²) >= 11 is 1.10. The van der Waals surface area contributed by atoms with Crippen molar-refractivity contribution in [2.45, 2.75) is 24.3 Å². The summed E-state index contributed by atoms with van der Waals surface area (Å²) in [5, 5.41) is 13.4. The lowest BCUT2D eigenvalue weighted by Gasteiger charge is -2.26. The van der Waals surface area contributed by atoms with Crippen molar-refractivity contribution in [3.05, 3.63) is 53.0 Å². The van der Waals surface area contributed by atoms with Gasteiger partial charge in [-0.2, -0.15) is 9.29 Å². The average Bonchev–Trinajstić information content (AvgIpc) is 3.35. The molecule has 13 nitrogen and oxygen atoms in total. The van der Waals surface area contributed by atoms with E-state index in [0.29, 0.717) is 24.7 Å². The molecule has 40 heavy (non-hydrogen) atoms. The van der Waals surface area contributed by atoms with Gasteiger partial charge in [-0.25, -0.2) is 13.4 Å². The number of carbonyl (C=O) groups excluding carboxylic acids is 1. The van der Waals surface area contributed by atoms with Crippen LogP contribution in [0.3, 0.4) is 0 Å². The third-order valence-corrected chi connectivity index (χ3v) is 8.24. The van der Waals surface area contributed by atoms with Crippen molar-refractivity contribution in [1.82, 2.24) is 14.3 Å². The van der Waals surface area contributed by atoms with Gasteiger partial charge in [0.2, 0.25) is 21.8 Å². The Balaban J connectivity index is 1.54. The summed E-state index contributed by atoms with van der Waals surface area (Å²) in [4.78, 5) is 32.5. The van der Waals surface area contributed by atoms with E-state index in [1.807, 2.05) is 0 Å². The van der Waals surface area contributed by atoms with Gasteiger partial charge in [-0.15, -0.1) is 11.3 Å². The number of carbonyl (C=O) groups is 2. The van der Waals surface area contributed by atoms with Crippen molar-refractivity contribution in [2.24, 2.45) is 0 Å². The van der Waals surface area contributed by atoms with Crippen LogP contribution in [0.5, 0.6) is 17.5 Å². The molecule has 15 heteroatoms. The standard InChI is InChI=1S/C25H28N4O9S2/c1-16(14-35-2)37-21-11-17(24(32)28-25-26-18(15-39-25)13-23(30)31)12-22(27-21)38-19-3-5-20(6-4-19)40(33,34)29-7-9-36-10-8-29/h3-6,11-12,15-16H,7-10,13-14H2,1-2H3,(H,30,31)(H,26,28,32)/t16-/m1/s1. The van der Waals surface area contributed by atoms with Crippen LogP contribution in [0.1, 0.15) is 23.0 Å². The highest BCUT2D eigenvalue weighted by molar-refractivity contribution is 7.89. The minimum Gasteiger partial charge on any atom is -0.481 e. The van der Waals surface area contributed by atoms with Crippen LogP contribution in [0.25, 0.3) is 0 Å². The number of methoxy groups -OCH3 is 1. The number of aromatic nitrogens is 2. The number of aliphatic carboxylic acids is 1. The predicted molar refractivity (Wildman–Crippen MR) is 144 cm³/mol. The molecule has 1 aromatic carbocycles. The first kappa shape index (κ1) is 29.4. The third-order valence-electron chi connectivity index (χ3n) is 5.52. The van der Waals surface area contributed by atoms with Crippen molar-refractivity contribution < 1.29 is 42.1 Å². The highest BCUT2D eigenvalue weighted by Crippen LogP contribution is 2.27. The molecule has 0 spiro atoms. The van der Waals surface area contributed by atoms with E-state index in [1.54, 1.807) is 12.3 Å². The maximum absolute atomic E-state index is 13.0. The van der Waals surface area contributed by atoms with Crippen molar-refractivity contribution in [1.29, 1.82) is 0 Å². The monoisotopic (exact) mass is 592 g/mol. The van der Waals surface area contributed by atoms with Crippen LogP contribution in [0, 0.1) is 0 Å². The van der Waals surface area contributed by atoms with Crippen molar-refractivity contribution >= 4 is 38.4 Å². The van der Waals surface area contributed by atoms with E-state index in [2.05, 4.69) is 15.3 Å². The SMILES string of the molecule is COC[C@@H](C)Oc1cc(C(=O)Nc2nc(CC(=O)O)cs2)cc(Oc2ccc(S(=O)(=O)N3CCOCC3)cc2)n1. The van der Waals surface area contributed by atoms with Crippen molar-refractivity contribution in [3.8, 4) is 17.5 Å². The summed E-state index contributed by atoms with van der Waals surface area (Å²) in [6.45, 7) is 3.30. The number of thiazole rings is 1. The predicted octanol–water partition coefficient (Wildman–Crippen LogP) is 2.64. The van der Waals surface area contributed by atoms with Crippen molar-refractivity contribution in [2.75, 3.05) is 45.3 Å². The molecule has 0 radical (unpaired) electrons. The van der Waals surface area contributed by atoms with Gasteiger partial charge in [0.25, 0.3) is 5.91 Å². The number of nitrogens with zero attached hydrogens (tertiary/aromatic N) is 3. The number of nitrogens with one attached hydrogen (secondary N) is 1. The van der Waals surface area contributed by atoms with Gasteiger partial charge >= 0.3 is 5.97 Å². The maximum Gasteiger partial charge on any atom is 0.309 e. The summed E-state index contributed by atoms with van der Waals surface area (Å²) in [6.07, 6.45) is -0.646. The van der Waals surface area contributed by atoms with Crippen LogP contribution in [0.15, 0.2) is 46.7 Å². The second kappa shape index (κ2) is 13.1. The number of benzene rings is 1. The highest BCUT2D eigenvalue weighted by Gasteiger charge is 2.26. The largest absolute Gasteiger partial charge is 0.481 e. The molecule has 1 aliphatic rings. The zero-order valence-corrected chi connectivity index (χ0v) is 23.4. The molecule has 0 aliphatic carbocycles. The van der Waals surface area contributed by atoms with Gasteiger partial charge in [-0.05, 0) is 31.2 Å². The molecule has 0 bridgehead atoms. The summed E-state index contributed by atoms with van der Waals surface area (Å²) in [5.74, 6) is -1.15. The first-order valence-electron chi connectivity index (χ1n) is 12.1. The van der Waals surface area contributed by atoms with Crippen LogP contribution in [0.4, 0.5) is 5.13 Å². The average molecular weight is 593 g/mol. The number of pyridine rings is 1.